The first-order valence-electron chi connectivity index (χ1n) is 7.39. The number of thiocarbonyl (C=S) groups is 1. The average Bonchev–Trinajstić information content (AvgIpc) is 3.06. The number of anilines is 1. The van der Waals surface area contributed by atoms with Gasteiger partial charge < -0.3 is 15.0 Å². The minimum absolute atomic E-state index is 0.185. The summed E-state index contributed by atoms with van der Waals surface area (Å²) in [4.78, 5) is 3.42. The third-order valence-electron chi connectivity index (χ3n) is 3.73. The SMILES string of the molecule is COCCN(C(=S)Nc1cccc(Cl)c1C)[C@H](C)c1cccs1. The first kappa shape index (κ1) is 18.2. The summed E-state index contributed by atoms with van der Waals surface area (Å²) in [5.74, 6) is 0. The molecule has 0 saturated heterocycles. The molecule has 1 aromatic carbocycles. The van der Waals surface area contributed by atoms with E-state index >= 15 is 0 Å². The molecule has 3 nitrogen and oxygen atoms in total. The Labute approximate surface area is 152 Å². The van der Waals surface area contributed by atoms with Crippen LogP contribution >= 0.6 is 35.2 Å². The summed E-state index contributed by atoms with van der Waals surface area (Å²) in [5.41, 5.74) is 1.93. The monoisotopic (exact) mass is 368 g/mol. The number of rotatable bonds is 6. The van der Waals surface area contributed by atoms with Crippen molar-refractivity contribution >= 4 is 46.0 Å². The maximum Gasteiger partial charge on any atom is 0.174 e. The van der Waals surface area contributed by atoms with E-state index in [1.165, 1.54) is 4.88 Å². The molecule has 0 aliphatic carbocycles. The highest BCUT2D eigenvalue weighted by atomic mass is 35.5. The second-order valence-corrected chi connectivity index (χ2v) is 6.99. The molecule has 124 valence electrons. The summed E-state index contributed by atoms with van der Waals surface area (Å²) in [7, 11) is 1.70. The highest BCUT2D eigenvalue weighted by Crippen LogP contribution is 2.27. The molecule has 1 heterocycles. The Morgan fingerprint density at radius 1 is 1.39 bits per heavy atom. The van der Waals surface area contributed by atoms with Gasteiger partial charge in [0.15, 0.2) is 5.11 Å². The standard InChI is InChI=1S/C17H21ClN2OS2/c1-12-14(18)6-4-7-15(12)19-17(22)20(9-10-21-3)13(2)16-8-5-11-23-16/h4-8,11,13H,9-10H2,1-3H3,(H,19,22)/t13-/m1/s1. The number of methoxy groups -OCH3 is 1. The maximum atomic E-state index is 6.19. The molecule has 2 aromatic rings. The molecule has 0 spiro atoms. The Hall–Kier alpha value is -1.14. The lowest BCUT2D eigenvalue weighted by molar-refractivity contribution is 0.166. The van der Waals surface area contributed by atoms with E-state index in [0.717, 1.165) is 22.8 Å². The first-order chi connectivity index (χ1) is 11.0. The van der Waals surface area contributed by atoms with Crippen LogP contribution in [-0.2, 0) is 4.74 Å². The number of halogens is 1. The summed E-state index contributed by atoms with van der Waals surface area (Å²) in [6, 6.07) is 10.2. The zero-order chi connectivity index (χ0) is 16.8. The molecule has 0 fully saturated rings. The minimum atomic E-state index is 0.185. The highest BCUT2D eigenvalue weighted by Gasteiger charge is 2.20. The van der Waals surface area contributed by atoms with E-state index in [0.29, 0.717) is 11.7 Å². The van der Waals surface area contributed by atoms with Crippen LogP contribution in [0.4, 0.5) is 5.69 Å². The number of thiophene rings is 1. The third kappa shape index (κ3) is 4.67. The van der Waals surface area contributed by atoms with Crippen LogP contribution in [0.3, 0.4) is 0 Å². The molecule has 1 N–H and O–H groups in total. The first-order valence-corrected chi connectivity index (χ1v) is 9.06. The van der Waals surface area contributed by atoms with Crippen molar-refractivity contribution in [1.82, 2.24) is 4.90 Å². The van der Waals surface area contributed by atoms with E-state index < -0.39 is 0 Å². The second-order valence-electron chi connectivity index (χ2n) is 5.22. The Bertz CT molecular complexity index is 646. The second kappa shape index (κ2) is 8.64. The molecule has 6 heteroatoms. The molecule has 0 aliphatic rings. The van der Waals surface area contributed by atoms with Crippen molar-refractivity contribution in [1.29, 1.82) is 0 Å². The van der Waals surface area contributed by atoms with Crippen molar-refractivity contribution in [2.75, 3.05) is 25.6 Å². The van der Waals surface area contributed by atoms with Crippen molar-refractivity contribution in [3.63, 3.8) is 0 Å². The van der Waals surface area contributed by atoms with Gasteiger partial charge in [-0.3, -0.25) is 0 Å². The van der Waals surface area contributed by atoms with Gasteiger partial charge in [-0.1, -0.05) is 23.7 Å². The number of ether oxygens (including phenoxy) is 1. The summed E-state index contributed by atoms with van der Waals surface area (Å²) < 4.78 is 5.24. The van der Waals surface area contributed by atoms with E-state index in [4.69, 9.17) is 28.6 Å². The van der Waals surface area contributed by atoms with Gasteiger partial charge in [0.25, 0.3) is 0 Å². The smallest absolute Gasteiger partial charge is 0.174 e. The number of benzene rings is 1. The van der Waals surface area contributed by atoms with Crippen molar-refractivity contribution < 1.29 is 4.74 Å². The fraction of sp³-hybridized carbons (Fsp3) is 0.353. The van der Waals surface area contributed by atoms with E-state index in [-0.39, 0.29) is 6.04 Å². The Balaban J connectivity index is 2.17. The fourth-order valence-electron chi connectivity index (χ4n) is 2.27. The average molecular weight is 369 g/mol. The van der Waals surface area contributed by atoms with Crippen molar-refractivity contribution in [3.8, 4) is 0 Å². The van der Waals surface area contributed by atoms with E-state index in [9.17, 15) is 0 Å². The number of nitrogens with one attached hydrogen (secondary N) is 1. The minimum Gasteiger partial charge on any atom is -0.383 e. The largest absolute Gasteiger partial charge is 0.383 e. The van der Waals surface area contributed by atoms with Gasteiger partial charge in [-0.05, 0) is 55.2 Å². The van der Waals surface area contributed by atoms with Gasteiger partial charge in [-0.15, -0.1) is 11.3 Å². The molecule has 0 saturated carbocycles. The van der Waals surface area contributed by atoms with Gasteiger partial charge in [-0.25, -0.2) is 0 Å². The summed E-state index contributed by atoms with van der Waals surface area (Å²) in [6.45, 7) is 5.48. The fourth-order valence-corrected chi connectivity index (χ4v) is 3.60. The number of hydrogen-bond donors (Lipinski definition) is 1. The van der Waals surface area contributed by atoms with Crippen LogP contribution in [-0.4, -0.2) is 30.3 Å². The molecular weight excluding hydrogens is 348 g/mol. The van der Waals surface area contributed by atoms with Gasteiger partial charge in [-0.2, -0.15) is 0 Å². The highest BCUT2D eigenvalue weighted by molar-refractivity contribution is 7.80. The lowest BCUT2D eigenvalue weighted by atomic mass is 10.2. The summed E-state index contributed by atoms with van der Waals surface area (Å²) in [6.07, 6.45) is 0. The van der Waals surface area contributed by atoms with Crippen LogP contribution in [0, 0.1) is 6.92 Å². The maximum absolute atomic E-state index is 6.19. The molecule has 0 unspecified atom stereocenters. The van der Waals surface area contributed by atoms with Crippen molar-refractivity contribution in [2.24, 2.45) is 0 Å². The molecule has 23 heavy (non-hydrogen) atoms. The summed E-state index contributed by atoms with van der Waals surface area (Å²) in [5, 5.41) is 6.81. The van der Waals surface area contributed by atoms with Crippen LogP contribution in [0.1, 0.15) is 23.4 Å². The number of hydrogen-bond acceptors (Lipinski definition) is 3. The predicted molar refractivity (Wildman–Crippen MR) is 104 cm³/mol. The van der Waals surface area contributed by atoms with Crippen LogP contribution in [0.5, 0.6) is 0 Å². The van der Waals surface area contributed by atoms with E-state index in [1.54, 1.807) is 18.4 Å². The molecule has 0 amide bonds. The normalized spacial score (nSPS) is 12.0. The van der Waals surface area contributed by atoms with E-state index in [1.807, 2.05) is 25.1 Å². The summed E-state index contributed by atoms with van der Waals surface area (Å²) >= 11 is 13.6. The van der Waals surface area contributed by atoms with Crippen molar-refractivity contribution in [2.45, 2.75) is 19.9 Å². The van der Waals surface area contributed by atoms with E-state index in [2.05, 4.69) is 34.7 Å². The Morgan fingerprint density at radius 3 is 2.83 bits per heavy atom. The lowest BCUT2D eigenvalue weighted by Crippen LogP contribution is -2.39. The molecule has 1 aromatic heterocycles. The zero-order valence-electron chi connectivity index (χ0n) is 13.5. The van der Waals surface area contributed by atoms with Crippen LogP contribution in [0.15, 0.2) is 35.7 Å². The van der Waals surface area contributed by atoms with Crippen molar-refractivity contribution in [3.05, 3.63) is 51.2 Å². The topological polar surface area (TPSA) is 24.5 Å². The number of nitrogens with zero attached hydrogens (tertiary/aromatic N) is 1. The van der Waals surface area contributed by atoms with Gasteiger partial charge in [0.05, 0.1) is 12.6 Å². The molecule has 1 atom stereocenters. The third-order valence-corrected chi connectivity index (χ3v) is 5.52. The zero-order valence-corrected chi connectivity index (χ0v) is 15.9. The molecule has 0 aliphatic heterocycles. The van der Waals surface area contributed by atoms with Gasteiger partial charge in [0.1, 0.15) is 0 Å². The van der Waals surface area contributed by atoms with Crippen LogP contribution < -0.4 is 5.32 Å². The molecule has 0 radical (unpaired) electrons. The Kier molecular flexibility index (Phi) is 6.84. The Morgan fingerprint density at radius 2 is 2.17 bits per heavy atom. The van der Waals surface area contributed by atoms with Crippen LogP contribution in [0.2, 0.25) is 5.02 Å². The van der Waals surface area contributed by atoms with Gasteiger partial charge >= 0.3 is 0 Å². The predicted octanol–water partition coefficient (Wildman–Crippen LogP) is 5.12. The van der Waals surface area contributed by atoms with Gasteiger partial charge in [0.2, 0.25) is 0 Å². The lowest BCUT2D eigenvalue weighted by Gasteiger charge is -2.31. The quantitative estimate of drug-likeness (QED) is 0.715. The molecule has 2 rings (SSSR count). The molecule has 0 bridgehead atoms. The van der Waals surface area contributed by atoms with Gasteiger partial charge in [0, 0.05) is 29.2 Å². The van der Waals surface area contributed by atoms with Crippen LogP contribution in [0.25, 0.3) is 0 Å². The molecular formula is C17H21ClN2OS2.